The van der Waals surface area contributed by atoms with Crippen LogP contribution in [0.15, 0.2) is 24.3 Å². The van der Waals surface area contributed by atoms with Gasteiger partial charge in [-0.3, -0.25) is 20.4 Å². The summed E-state index contributed by atoms with van der Waals surface area (Å²) in [5.74, 6) is -0.934. The van der Waals surface area contributed by atoms with Crippen LogP contribution < -0.4 is 15.6 Å². The molecule has 1 rings (SSSR count). The summed E-state index contributed by atoms with van der Waals surface area (Å²) in [7, 11) is 3.63. The largest absolute Gasteiger partial charge is 0.484 e. The van der Waals surface area contributed by atoms with E-state index in [1.165, 1.54) is 24.3 Å². The first-order chi connectivity index (χ1) is 10.7. The van der Waals surface area contributed by atoms with Gasteiger partial charge >= 0.3 is 6.18 Å². The second kappa shape index (κ2) is 8.37. The fraction of sp³-hybridized carbons (Fsp3) is 0.429. The maximum absolute atomic E-state index is 12.0. The molecule has 0 aliphatic heterocycles. The highest BCUT2D eigenvalue weighted by Crippen LogP contribution is 2.18. The van der Waals surface area contributed by atoms with E-state index >= 15 is 0 Å². The Balaban J connectivity index is 2.43. The van der Waals surface area contributed by atoms with Crippen molar-refractivity contribution in [3.63, 3.8) is 0 Å². The van der Waals surface area contributed by atoms with E-state index in [2.05, 4.69) is 15.6 Å². The van der Waals surface area contributed by atoms with Crippen molar-refractivity contribution < 1.29 is 27.5 Å². The molecular weight excluding hydrogens is 315 g/mol. The number of ether oxygens (including phenoxy) is 1. The van der Waals surface area contributed by atoms with Crippen molar-refractivity contribution in [3.05, 3.63) is 29.8 Å². The summed E-state index contributed by atoms with van der Waals surface area (Å²) >= 11 is 0. The van der Waals surface area contributed by atoms with E-state index in [0.717, 1.165) is 0 Å². The Bertz CT molecular complexity index is 530. The van der Waals surface area contributed by atoms with Gasteiger partial charge in [-0.25, -0.2) is 0 Å². The quantitative estimate of drug-likeness (QED) is 0.771. The van der Waals surface area contributed by atoms with Crippen molar-refractivity contribution >= 4 is 11.8 Å². The molecule has 128 valence electrons. The zero-order valence-electron chi connectivity index (χ0n) is 12.7. The Labute approximate surface area is 131 Å². The fourth-order valence-corrected chi connectivity index (χ4v) is 1.45. The molecule has 1 aromatic rings. The van der Waals surface area contributed by atoms with E-state index in [-0.39, 0.29) is 23.6 Å². The van der Waals surface area contributed by atoms with Crippen molar-refractivity contribution in [3.8, 4) is 5.75 Å². The van der Waals surface area contributed by atoms with E-state index in [9.17, 15) is 22.8 Å². The Morgan fingerprint density at radius 1 is 1.13 bits per heavy atom. The predicted molar refractivity (Wildman–Crippen MR) is 76.8 cm³/mol. The Morgan fingerprint density at radius 2 is 1.74 bits per heavy atom. The van der Waals surface area contributed by atoms with Gasteiger partial charge in [-0.15, -0.1) is 0 Å². The highest BCUT2D eigenvalue weighted by molar-refractivity contribution is 5.95. The molecule has 0 saturated heterocycles. The second-order valence-corrected chi connectivity index (χ2v) is 4.98. The van der Waals surface area contributed by atoms with Gasteiger partial charge in [0.1, 0.15) is 5.75 Å². The summed E-state index contributed by atoms with van der Waals surface area (Å²) in [4.78, 5) is 25.0. The standard InChI is InChI=1S/C14H18F3N3O3/c1-20(2)8-7-12(21)18-19-13(22)10-3-5-11(6-4-10)23-9-14(15,16)17/h3-6H,7-9H2,1-2H3,(H,18,21)(H,19,22). The SMILES string of the molecule is CN(C)CCC(=O)NNC(=O)c1ccc(OCC(F)(F)F)cc1. The summed E-state index contributed by atoms with van der Waals surface area (Å²) in [5, 5.41) is 0. The van der Waals surface area contributed by atoms with Crippen LogP contribution in [-0.4, -0.2) is 50.1 Å². The number of hydrazine groups is 1. The molecule has 1 aromatic carbocycles. The molecule has 0 bridgehead atoms. The van der Waals surface area contributed by atoms with E-state index < -0.39 is 18.7 Å². The third-order valence-electron chi connectivity index (χ3n) is 2.62. The minimum atomic E-state index is -4.42. The van der Waals surface area contributed by atoms with E-state index in [4.69, 9.17) is 0 Å². The first-order valence-corrected chi connectivity index (χ1v) is 6.71. The Hall–Kier alpha value is -2.29. The highest BCUT2D eigenvalue weighted by Gasteiger charge is 2.28. The lowest BCUT2D eigenvalue weighted by molar-refractivity contribution is -0.153. The second-order valence-electron chi connectivity index (χ2n) is 4.98. The zero-order chi connectivity index (χ0) is 17.5. The minimum absolute atomic E-state index is 0.00565. The van der Waals surface area contributed by atoms with Crippen molar-refractivity contribution in [1.29, 1.82) is 0 Å². The van der Waals surface area contributed by atoms with Gasteiger partial charge in [-0.05, 0) is 38.4 Å². The summed E-state index contributed by atoms with van der Waals surface area (Å²) in [6.07, 6.45) is -4.20. The number of nitrogens with one attached hydrogen (secondary N) is 2. The molecule has 23 heavy (non-hydrogen) atoms. The Kier molecular flexibility index (Phi) is 6.83. The average molecular weight is 333 g/mol. The van der Waals surface area contributed by atoms with Gasteiger partial charge in [0.05, 0.1) is 0 Å². The Morgan fingerprint density at radius 3 is 2.26 bits per heavy atom. The smallest absolute Gasteiger partial charge is 0.422 e. The molecule has 0 aromatic heterocycles. The minimum Gasteiger partial charge on any atom is -0.484 e. The van der Waals surface area contributed by atoms with Gasteiger partial charge in [0, 0.05) is 18.5 Å². The maximum Gasteiger partial charge on any atom is 0.422 e. The number of halogens is 3. The normalized spacial score (nSPS) is 11.2. The number of rotatable bonds is 6. The highest BCUT2D eigenvalue weighted by atomic mass is 19.4. The van der Waals surface area contributed by atoms with Crippen molar-refractivity contribution in [2.75, 3.05) is 27.2 Å². The maximum atomic E-state index is 12.0. The molecule has 2 N–H and O–H groups in total. The van der Waals surface area contributed by atoms with Gasteiger partial charge in [-0.2, -0.15) is 13.2 Å². The van der Waals surface area contributed by atoms with Crippen molar-refractivity contribution in [2.24, 2.45) is 0 Å². The predicted octanol–water partition coefficient (Wildman–Crippen LogP) is 1.34. The molecular formula is C14H18F3N3O3. The van der Waals surface area contributed by atoms with E-state index in [1.54, 1.807) is 0 Å². The van der Waals surface area contributed by atoms with E-state index in [0.29, 0.717) is 6.54 Å². The van der Waals surface area contributed by atoms with Crippen LogP contribution in [0.1, 0.15) is 16.8 Å². The number of alkyl halides is 3. The lowest BCUT2D eigenvalue weighted by Crippen LogP contribution is -2.42. The van der Waals surface area contributed by atoms with Crippen LogP contribution in [0.5, 0.6) is 5.75 Å². The number of benzene rings is 1. The molecule has 0 aliphatic rings. The molecule has 9 heteroatoms. The summed E-state index contributed by atoms with van der Waals surface area (Å²) in [6.45, 7) is -0.868. The lowest BCUT2D eigenvalue weighted by Gasteiger charge is -2.11. The zero-order valence-corrected chi connectivity index (χ0v) is 12.7. The van der Waals surface area contributed by atoms with Gasteiger partial charge < -0.3 is 9.64 Å². The molecule has 0 saturated carbocycles. The average Bonchev–Trinajstić information content (AvgIpc) is 2.48. The third-order valence-corrected chi connectivity index (χ3v) is 2.62. The van der Waals surface area contributed by atoms with Gasteiger partial charge in [0.25, 0.3) is 5.91 Å². The number of nitrogens with zero attached hydrogens (tertiary/aromatic N) is 1. The molecule has 0 heterocycles. The van der Waals surface area contributed by atoms with Gasteiger partial charge in [0.2, 0.25) is 5.91 Å². The number of carbonyl (C=O) groups is 2. The topological polar surface area (TPSA) is 70.7 Å². The number of hydrogen-bond acceptors (Lipinski definition) is 4. The third kappa shape index (κ3) is 8.05. The van der Waals surface area contributed by atoms with E-state index in [1.807, 2.05) is 19.0 Å². The summed E-state index contributed by atoms with van der Waals surface area (Å²) < 4.78 is 40.5. The molecule has 0 radical (unpaired) electrons. The summed E-state index contributed by atoms with van der Waals surface area (Å²) in [6, 6.07) is 5.09. The number of hydrogen-bond donors (Lipinski definition) is 2. The van der Waals surface area contributed by atoms with Crippen molar-refractivity contribution in [1.82, 2.24) is 15.8 Å². The van der Waals surface area contributed by atoms with Crippen molar-refractivity contribution in [2.45, 2.75) is 12.6 Å². The molecule has 0 fully saturated rings. The lowest BCUT2D eigenvalue weighted by atomic mass is 10.2. The first-order valence-electron chi connectivity index (χ1n) is 6.71. The molecule has 0 aliphatic carbocycles. The van der Waals surface area contributed by atoms with Crippen LogP contribution in [0.25, 0.3) is 0 Å². The van der Waals surface area contributed by atoms with Crippen LogP contribution in [0.3, 0.4) is 0 Å². The molecule has 0 unspecified atom stereocenters. The van der Waals surface area contributed by atoms with Crippen LogP contribution in [0, 0.1) is 0 Å². The monoisotopic (exact) mass is 333 g/mol. The molecule has 0 atom stereocenters. The van der Waals surface area contributed by atoms with Crippen LogP contribution >= 0.6 is 0 Å². The fourth-order valence-electron chi connectivity index (χ4n) is 1.45. The van der Waals surface area contributed by atoms with Gasteiger partial charge in [0.15, 0.2) is 6.61 Å². The number of amides is 2. The first kappa shape index (κ1) is 18.8. The summed E-state index contributed by atoms with van der Waals surface area (Å²) in [5.41, 5.74) is 4.65. The van der Waals surface area contributed by atoms with Crippen LogP contribution in [-0.2, 0) is 4.79 Å². The molecule has 0 spiro atoms. The van der Waals surface area contributed by atoms with Crippen LogP contribution in [0.4, 0.5) is 13.2 Å². The number of carbonyl (C=O) groups excluding carboxylic acids is 2. The molecule has 6 nitrogen and oxygen atoms in total. The van der Waals surface area contributed by atoms with Crippen LogP contribution in [0.2, 0.25) is 0 Å². The van der Waals surface area contributed by atoms with Gasteiger partial charge in [-0.1, -0.05) is 0 Å². The molecule has 2 amide bonds.